The molecule has 2 aromatic carbocycles. The number of carbonyl (C=O) groups excluding carboxylic acids is 2. The van der Waals surface area contributed by atoms with Crippen molar-refractivity contribution in [1.29, 1.82) is 0 Å². The first kappa shape index (κ1) is 18.6. The van der Waals surface area contributed by atoms with E-state index >= 15 is 0 Å². The second kappa shape index (κ2) is 8.46. The molecule has 0 aliphatic carbocycles. The molecule has 0 aliphatic rings. The lowest BCUT2D eigenvalue weighted by Gasteiger charge is -2.11. The molecule has 0 radical (unpaired) electrons. The summed E-state index contributed by atoms with van der Waals surface area (Å²) in [6, 6.07) is 12.5. The van der Waals surface area contributed by atoms with Crippen molar-refractivity contribution in [2.75, 3.05) is 17.2 Å². The van der Waals surface area contributed by atoms with Gasteiger partial charge in [0.05, 0.1) is 0 Å². The molecule has 138 valence electrons. The first-order valence-electron chi connectivity index (χ1n) is 8.32. The smallest absolute Gasteiger partial charge is 0.262 e. The van der Waals surface area contributed by atoms with Gasteiger partial charge in [0.15, 0.2) is 11.7 Å². The first-order valence-corrected chi connectivity index (χ1v) is 9.20. The molecule has 0 bridgehead atoms. The summed E-state index contributed by atoms with van der Waals surface area (Å²) in [6.45, 7) is 3.82. The molecule has 3 aromatic rings. The summed E-state index contributed by atoms with van der Waals surface area (Å²) < 4.78 is 5.58. The van der Waals surface area contributed by atoms with Crippen molar-refractivity contribution in [2.24, 2.45) is 0 Å². The van der Waals surface area contributed by atoms with E-state index in [4.69, 9.17) is 4.74 Å². The predicted octanol–water partition coefficient (Wildman–Crippen LogP) is 4.03. The summed E-state index contributed by atoms with van der Waals surface area (Å²) >= 11 is 1.34. The molecule has 2 N–H and O–H groups in total. The van der Waals surface area contributed by atoms with E-state index in [-0.39, 0.29) is 18.4 Å². The van der Waals surface area contributed by atoms with Crippen molar-refractivity contribution in [3.63, 3.8) is 0 Å². The Balaban J connectivity index is 1.58. The minimum atomic E-state index is -0.299. The molecule has 0 atom stereocenters. The first-order chi connectivity index (χ1) is 13.0. The average Bonchev–Trinajstić information content (AvgIpc) is 3.14. The molecule has 2 amide bonds. The molecule has 0 saturated carbocycles. The number of aryl methyl sites for hydroxylation is 2. The number of benzene rings is 2. The topological polar surface area (TPSA) is 80.3 Å². The Morgan fingerprint density at radius 1 is 1.11 bits per heavy atom. The van der Waals surface area contributed by atoms with Crippen LogP contribution in [0.25, 0.3) is 0 Å². The number of anilines is 2. The second-order valence-corrected chi connectivity index (χ2v) is 6.87. The van der Waals surface area contributed by atoms with E-state index in [9.17, 15) is 9.59 Å². The van der Waals surface area contributed by atoms with Crippen LogP contribution in [0.2, 0.25) is 0 Å². The van der Waals surface area contributed by atoms with E-state index in [0.29, 0.717) is 22.1 Å². The van der Waals surface area contributed by atoms with E-state index in [0.717, 1.165) is 11.1 Å². The Labute approximate surface area is 161 Å². The van der Waals surface area contributed by atoms with Crippen molar-refractivity contribution in [1.82, 2.24) is 4.98 Å². The van der Waals surface area contributed by atoms with Gasteiger partial charge in [0.25, 0.3) is 11.8 Å². The van der Waals surface area contributed by atoms with Crippen LogP contribution in [0.3, 0.4) is 0 Å². The van der Waals surface area contributed by atoms with Gasteiger partial charge < -0.3 is 10.1 Å². The van der Waals surface area contributed by atoms with Crippen molar-refractivity contribution in [3.8, 4) is 5.75 Å². The van der Waals surface area contributed by atoms with E-state index in [1.165, 1.54) is 11.3 Å². The number of hydrogen-bond donors (Lipinski definition) is 2. The highest BCUT2D eigenvalue weighted by atomic mass is 32.1. The lowest BCUT2D eigenvalue weighted by atomic mass is 10.1. The number of carbonyl (C=O) groups is 2. The van der Waals surface area contributed by atoms with Crippen LogP contribution in [0.15, 0.2) is 54.0 Å². The van der Waals surface area contributed by atoms with Gasteiger partial charge in [0, 0.05) is 22.8 Å². The normalized spacial score (nSPS) is 10.3. The lowest BCUT2D eigenvalue weighted by Crippen LogP contribution is -2.21. The van der Waals surface area contributed by atoms with E-state index < -0.39 is 0 Å². The van der Waals surface area contributed by atoms with Crippen LogP contribution in [-0.2, 0) is 4.79 Å². The van der Waals surface area contributed by atoms with Gasteiger partial charge in [0.2, 0.25) is 0 Å². The fourth-order valence-corrected chi connectivity index (χ4v) is 3.02. The molecule has 6 nitrogen and oxygen atoms in total. The zero-order valence-electron chi connectivity index (χ0n) is 15.0. The zero-order chi connectivity index (χ0) is 19.2. The molecular formula is C20H19N3O3S. The minimum Gasteiger partial charge on any atom is -0.483 e. The summed E-state index contributed by atoms with van der Waals surface area (Å²) in [6.07, 6.45) is 1.62. The number of aromatic nitrogens is 1. The molecular weight excluding hydrogens is 362 g/mol. The number of amides is 2. The molecule has 1 aromatic heterocycles. The maximum Gasteiger partial charge on any atom is 0.262 e. The summed E-state index contributed by atoms with van der Waals surface area (Å²) in [5.74, 6) is 0.0902. The fraction of sp³-hybridized carbons (Fsp3) is 0.150. The SMILES string of the molecule is Cc1ccc(OCC(=O)Nc2cccc(C(=O)Nc3nccs3)c2)c(C)c1. The highest BCUT2D eigenvalue weighted by Crippen LogP contribution is 2.19. The zero-order valence-corrected chi connectivity index (χ0v) is 15.8. The molecule has 27 heavy (non-hydrogen) atoms. The van der Waals surface area contributed by atoms with Gasteiger partial charge in [-0.3, -0.25) is 14.9 Å². The molecule has 0 saturated heterocycles. The van der Waals surface area contributed by atoms with Gasteiger partial charge in [-0.25, -0.2) is 4.98 Å². The van der Waals surface area contributed by atoms with Gasteiger partial charge in [-0.1, -0.05) is 23.8 Å². The van der Waals surface area contributed by atoms with Crippen LogP contribution in [0.1, 0.15) is 21.5 Å². The summed E-state index contributed by atoms with van der Waals surface area (Å²) in [4.78, 5) is 28.4. The Bertz CT molecular complexity index is 955. The van der Waals surface area contributed by atoms with E-state index in [1.54, 1.807) is 35.8 Å². The highest BCUT2D eigenvalue weighted by molar-refractivity contribution is 7.13. The monoisotopic (exact) mass is 381 g/mol. The number of nitrogens with one attached hydrogen (secondary N) is 2. The van der Waals surface area contributed by atoms with Crippen LogP contribution in [0, 0.1) is 13.8 Å². The molecule has 3 rings (SSSR count). The standard InChI is InChI=1S/C20H19N3O3S/c1-13-6-7-17(14(2)10-13)26-12-18(24)22-16-5-3-4-15(11-16)19(25)23-20-21-8-9-27-20/h3-11H,12H2,1-2H3,(H,22,24)(H,21,23,25). The third-order valence-electron chi connectivity index (χ3n) is 3.75. The Morgan fingerprint density at radius 2 is 1.96 bits per heavy atom. The predicted molar refractivity (Wildman–Crippen MR) is 107 cm³/mol. The van der Waals surface area contributed by atoms with Crippen LogP contribution < -0.4 is 15.4 Å². The van der Waals surface area contributed by atoms with Gasteiger partial charge in [-0.05, 0) is 43.7 Å². The quantitative estimate of drug-likeness (QED) is 0.676. The van der Waals surface area contributed by atoms with Gasteiger partial charge in [0.1, 0.15) is 5.75 Å². The molecule has 0 aliphatic heterocycles. The summed E-state index contributed by atoms with van der Waals surface area (Å²) in [7, 11) is 0. The number of thiazole rings is 1. The van der Waals surface area contributed by atoms with Crippen LogP contribution in [0.5, 0.6) is 5.75 Å². The molecule has 1 heterocycles. The third-order valence-corrected chi connectivity index (χ3v) is 4.44. The number of nitrogens with zero attached hydrogens (tertiary/aromatic N) is 1. The summed E-state index contributed by atoms with van der Waals surface area (Å²) in [5.41, 5.74) is 3.06. The Hall–Kier alpha value is -3.19. The van der Waals surface area contributed by atoms with Crippen LogP contribution >= 0.6 is 11.3 Å². The Morgan fingerprint density at radius 3 is 2.70 bits per heavy atom. The average molecular weight is 381 g/mol. The number of hydrogen-bond acceptors (Lipinski definition) is 5. The largest absolute Gasteiger partial charge is 0.483 e. The summed E-state index contributed by atoms with van der Waals surface area (Å²) in [5, 5.41) is 7.75. The lowest BCUT2D eigenvalue weighted by molar-refractivity contribution is -0.118. The van der Waals surface area contributed by atoms with Crippen molar-refractivity contribution < 1.29 is 14.3 Å². The van der Waals surface area contributed by atoms with Crippen molar-refractivity contribution >= 4 is 34.0 Å². The fourth-order valence-electron chi connectivity index (χ4n) is 2.49. The molecule has 0 spiro atoms. The van der Waals surface area contributed by atoms with E-state index in [1.807, 2.05) is 32.0 Å². The van der Waals surface area contributed by atoms with Gasteiger partial charge in [-0.2, -0.15) is 0 Å². The van der Waals surface area contributed by atoms with Crippen LogP contribution in [-0.4, -0.2) is 23.4 Å². The van der Waals surface area contributed by atoms with Crippen molar-refractivity contribution in [3.05, 3.63) is 70.7 Å². The van der Waals surface area contributed by atoms with Crippen LogP contribution in [0.4, 0.5) is 10.8 Å². The van der Waals surface area contributed by atoms with Gasteiger partial charge >= 0.3 is 0 Å². The number of rotatable bonds is 6. The second-order valence-electron chi connectivity index (χ2n) is 5.98. The maximum absolute atomic E-state index is 12.2. The van der Waals surface area contributed by atoms with Gasteiger partial charge in [-0.15, -0.1) is 11.3 Å². The number of ether oxygens (including phenoxy) is 1. The highest BCUT2D eigenvalue weighted by Gasteiger charge is 2.10. The van der Waals surface area contributed by atoms with E-state index in [2.05, 4.69) is 15.6 Å². The maximum atomic E-state index is 12.2. The third kappa shape index (κ3) is 5.15. The molecule has 0 unspecified atom stereocenters. The van der Waals surface area contributed by atoms with Crippen molar-refractivity contribution in [2.45, 2.75) is 13.8 Å². The Kier molecular flexibility index (Phi) is 5.83. The minimum absolute atomic E-state index is 0.112. The molecule has 7 heteroatoms. The molecule has 0 fully saturated rings.